The summed E-state index contributed by atoms with van der Waals surface area (Å²) in [7, 11) is 0. The number of pyridine rings is 2. The SMILES string of the molecule is Cc1ccc2c(NC(=O)N3c4nc(C(=O)N[C@@H]5CC5(F)F)ccc4N4CC[C@H]3C4)n[nH]c2n1. The lowest BCUT2D eigenvalue weighted by Crippen LogP contribution is -2.48. The van der Waals surface area contributed by atoms with Gasteiger partial charge in [0.05, 0.1) is 23.2 Å². The van der Waals surface area contributed by atoms with Gasteiger partial charge in [-0.25, -0.2) is 23.5 Å². The zero-order valence-electron chi connectivity index (χ0n) is 17.6. The van der Waals surface area contributed by atoms with Crippen LogP contribution in [0.5, 0.6) is 0 Å². The molecule has 0 radical (unpaired) electrons. The fourth-order valence-electron chi connectivity index (χ4n) is 4.46. The highest BCUT2D eigenvalue weighted by Crippen LogP contribution is 2.42. The summed E-state index contributed by atoms with van der Waals surface area (Å²) < 4.78 is 26.4. The summed E-state index contributed by atoms with van der Waals surface area (Å²) in [5.74, 6) is -2.90. The van der Waals surface area contributed by atoms with Crippen LogP contribution in [0.4, 0.5) is 30.9 Å². The van der Waals surface area contributed by atoms with Crippen molar-refractivity contribution in [2.75, 3.05) is 28.2 Å². The number of fused-ring (bicyclic) bond motifs is 5. The topological polar surface area (TPSA) is 119 Å². The summed E-state index contributed by atoms with van der Waals surface area (Å²) in [5.41, 5.74) is 2.09. The number of anilines is 3. The first kappa shape index (κ1) is 19.8. The molecule has 0 aromatic carbocycles. The molecule has 3 aromatic rings. The number of aromatic amines is 1. The van der Waals surface area contributed by atoms with Crippen LogP contribution in [0.25, 0.3) is 11.0 Å². The molecule has 3 aliphatic rings. The molecule has 1 saturated carbocycles. The predicted octanol–water partition coefficient (Wildman–Crippen LogP) is 2.43. The van der Waals surface area contributed by atoms with Crippen LogP contribution in [-0.4, -0.2) is 63.2 Å². The van der Waals surface area contributed by atoms with Crippen molar-refractivity contribution in [3.05, 3.63) is 35.7 Å². The molecule has 33 heavy (non-hydrogen) atoms. The Morgan fingerprint density at radius 2 is 2.03 bits per heavy atom. The van der Waals surface area contributed by atoms with E-state index < -0.39 is 23.9 Å². The Bertz CT molecular complexity index is 1310. The van der Waals surface area contributed by atoms with Crippen molar-refractivity contribution in [3.8, 4) is 0 Å². The van der Waals surface area contributed by atoms with E-state index in [1.807, 2.05) is 19.1 Å². The molecule has 3 amide bonds. The van der Waals surface area contributed by atoms with Crippen molar-refractivity contribution < 1.29 is 18.4 Å². The Morgan fingerprint density at radius 1 is 1.21 bits per heavy atom. The summed E-state index contributed by atoms with van der Waals surface area (Å²) >= 11 is 0. The quantitative estimate of drug-likeness (QED) is 0.559. The number of hydrogen-bond acceptors (Lipinski definition) is 6. The van der Waals surface area contributed by atoms with Crippen molar-refractivity contribution in [1.82, 2.24) is 25.5 Å². The Hall–Kier alpha value is -3.83. The summed E-state index contributed by atoms with van der Waals surface area (Å²) in [5, 5.41) is 12.8. The number of amides is 3. The maximum atomic E-state index is 13.4. The van der Waals surface area contributed by atoms with Gasteiger partial charge in [0.1, 0.15) is 5.69 Å². The van der Waals surface area contributed by atoms with E-state index >= 15 is 0 Å². The van der Waals surface area contributed by atoms with Gasteiger partial charge < -0.3 is 10.2 Å². The Balaban J connectivity index is 1.31. The number of alkyl halides is 2. The number of nitrogens with zero attached hydrogens (tertiary/aromatic N) is 5. The van der Waals surface area contributed by atoms with E-state index in [2.05, 4.69) is 35.7 Å². The smallest absolute Gasteiger partial charge is 0.329 e. The Labute approximate surface area is 186 Å². The third kappa shape index (κ3) is 3.24. The molecule has 2 bridgehead atoms. The van der Waals surface area contributed by atoms with Gasteiger partial charge in [-0.1, -0.05) is 0 Å². The highest BCUT2D eigenvalue weighted by Gasteiger charge is 2.58. The normalized spacial score (nSPS) is 22.3. The zero-order valence-corrected chi connectivity index (χ0v) is 17.6. The van der Waals surface area contributed by atoms with E-state index in [1.165, 1.54) is 11.0 Å². The minimum Gasteiger partial charge on any atom is -0.366 e. The Kier molecular flexibility index (Phi) is 4.10. The molecule has 5 heterocycles. The van der Waals surface area contributed by atoms with Crippen molar-refractivity contribution in [1.29, 1.82) is 0 Å². The van der Waals surface area contributed by atoms with Crippen LogP contribution in [0.15, 0.2) is 24.3 Å². The third-order valence-corrected chi connectivity index (χ3v) is 6.32. The second kappa shape index (κ2) is 6.83. The molecule has 0 spiro atoms. The molecule has 10 nitrogen and oxygen atoms in total. The number of carbonyl (C=O) groups is 2. The monoisotopic (exact) mass is 454 g/mol. The highest BCUT2D eigenvalue weighted by atomic mass is 19.3. The summed E-state index contributed by atoms with van der Waals surface area (Å²) in [6, 6.07) is 5.12. The number of rotatable bonds is 3. The average Bonchev–Trinajstić information content (AvgIpc) is 3.09. The van der Waals surface area contributed by atoms with Gasteiger partial charge in [0.25, 0.3) is 11.8 Å². The third-order valence-electron chi connectivity index (χ3n) is 6.32. The van der Waals surface area contributed by atoms with Crippen molar-refractivity contribution >= 4 is 40.3 Å². The van der Waals surface area contributed by atoms with Gasteiger partial charge in [-0.05, 0) is 37.6 Å². The minimum atomic E-state index is -2.87. The number of hydrogen-bond donors (Lipinski definition) is 3. The second-order valence-electron chi connectivity index (χ2n) is 8.64. The lowest BCUT2D eigenvalue weighted by Gasteiger charge is -2.35. The van der Waals surface area contributed by atoms with Crippen LogP contribution in [0.2, 0.25) is 0 Å². The van der Waals surface area contributed by atoms with E-state index in [1.54, 1.807) is 6.07 Å². The number of aromatic nitrogens is 4. The van der Waals surface area contributed by atoms with Crippen LogP contribution in [0, 0.1) is 6.92 Å². The number of carbonyl (C=O) groups excluding carboxylic acids is 2. The lowest BCUT2D eigenvalue weighted by molar-refractivity contribution is 0.0845. The van der Waals surface area contributed by atoms with Crippen LogP contribution in [0.1, 0.15) is 29.0 Å². The van der Waals surface area contributed by atoms with Gasteiger partial charge in [-0.2, -0.15) is 5.10 Å². The van der Waals surface area contributed by atoms with Crippen LogP contribution < -0.4 is 20.4 Å². The fourth-order valence-corrected chi connectivity index (χ4v) is 4.46. The zero-order chi connectivity index (χ0) is 22.9. The van der Waals surface area contributed by atoms with Crippen LogP contribution in [-0.2, 0) is 0 Å². The fraction of sp³-hybridized carbons (Fsp3) is 0.381. The van der Waals surface area contributed by atoms with E-state index in [-0.39, 0.29) is 18.2 Å². The average molecular weight is 454 g/mol. The number of nitrogens with one attached hydrogen (secondary N) is 3. The van der Waals surface area contributed by atoms with E-state index in [0.717, 1.165) is 24.3 Å². The molecule has 3 N–H and O–H groups in total. The number of urea groups is 1. The van der Waals surface area contributed by atoms with E-state index in [9.17, 15) is 18.4 Å². The molecular formula is C21H20F2N8O2. The van der Waals surface area contributed by atoms with E-state index in [0.29, 0.717) is 29.2 Å². The first-order chi connectivity index (χ1) is 15.8. The van der Waals surface area contributed by atoms with Crippen LogP contribution in [0.3, 0.4) is 0 Å². The maximum Gasteiger partial charge on any atom is 0.329 e. The van der Waals surface area contributed by atoms with Crippen LogP contribution >= 0.6 is 0 Å². The summed E-state index contributed by atoms with van der Waals surface area (Å²) in [6.45, 7) is 3.25. The highest BCUT2D eigenvalue weighted by molar-refractivity contribution is 6.08. The molecule has 12 heteroatoms. The first-order valence-electron chi connectivity index (χ1n) is 10.7. The van der Waals surface area contributed by atoms with E-state index in [4.69, 9.17) is 0 Å². The number of H-pyrrole nitrogens is 1. The molecular weight excluding hydrogens is 434 g/mol. The number of aryl methyl sites for hydroxylation is 1. The maximum absolute atomic E-state index is 13.4. The molecule has 2 fully saturated rings. The van der Waals surface area contributed by atoms with Crippen molar-refractivity contribution in [3.63, 3.8) is 0 Å². The standard InChI is InChI=1S/C21H20F2N8O2/c1-10-2-3-12-16(24-10)28-29-17(12)27-20(33)31-11-6-7-30(9-11)14-5-4-13(25-18(14)31)19(32)26-15-8-21(15,22)23/h2-5,11,15H,6-9H2,1H3,(H,26,32)(H2,24,27,28,29,33)/t11-,15+/m0/s1. The molecule has 0 unspecified atom stereocenters. The molecule has 1 saturated heterocycles. The summed E-state index contributed by atoms with van der Waals surface area (Å²) in [4.78, 5) is 38.3. The predicted molar refractivity (Wildman–Crippen MR) is 116 cm³/mol. The van der Waals surface area contributed by atoms with Gasteiger partial charge in [0.2, 0.25) is 0 Å². The molecule has 3 aromatic heterocycles. The second-order valence-corrected chi connectivity index (χ2v) is 8.64. The largest absolute Gasteiger partial charge is 0.366 e. The van der Waals surface area contributed by atoms with Gasteiger partial charge in [-0.15, -0.1) is 0 Å². The lowest BCUT2D eigenvalue weighted by atomic mass is 10.1. The van der Waals surface area contributed by atoms with Crippen molar-refractivity contribution in [2.24, 2.45) is 0 Å². The van der Waals surface area contributed by atoms with Gasteiger partial charge in [-0.3, -0.25) is 20.1 Å². The first-order valence-corrected chi connectivity index (χ1v) is 10.7. The Morgan fingerprint density at radius 3 is 2.82 bits per heavy atom. The minimum absolute atomic E-state index is 0.0124. The van der Waals surface area contributed by atoms with Crippen molar-refractivity contribution in [2.45, 2.75) is 37.8 Å². The molecule has 2 atom stereocenters. The van der Waals surface area contributed by atoms with Gasteiger partial charge >= 0.3 is 6.03 Å². The molecule has 6 rings (SSSR count). The summed E-state index contributed by atoms with van der Waals surface area (Å²) in [6.07, 6.45) is 0.363. The molecule has 2 aliphatic heterocycles. The molecule has 1 aliphatic carbocycles. The van der Waals surface area contributed by atoms with Gasteiger partial charge in [0, 0.05) is 25.2 Å². The molecule has 170 valence electrons. The number of halogens is 2. The van der Waals surface area contributed by atoms with Gasteiger partial charge in [0.15, 0.2) is 17.3 Å².